The third-order valence-corrected chi connectivity index (χ3v) is 4.64. The van der Waals surface area contributed by atoms with E-state index in [1.165, 1.54) is 0 Å². The summed E-state index contributed by atoms with van der Waals surface area (Å²) in [5.74, 6) is -0.366. The minimum absolute atomic E-state index is 0. The van der Waals surface area contributed by atoms with E-state index >= 15 is 0 Å². The van der Waals surface area contributed by atoms with Crippen LogP contribution in [0.25, 0.3) is 0 Å². The fraction of sp³-hybridized carbons (Fsp3) is 0.435. The SMILES string of the molecule is CCCN(CC)CCOC(=O)C(OCC)(c1ccccc1)c1ccccc1.Cl. The van der Waals surface area contributed by atoms with Gasteiger partial charge in [0, 0.05) is 13.2 Å². The molecule has 0 aliphatic heterocycles. The summed E-state index contributed by atoms with van der Waals surface area (Å²) in [4.78, 5) is 15.6. The van der Waals surface area contributed by atoms with Crippen molar-refractivity contribution in [3.63, 3.8) is 0 Å². The van der Waals surface area contributed by atoms with Gasteiger partial charge in [-0.3, -0.25) is 0 Å². The van der Waals surface area contributed by atoms with Crippen molar-refractivity contribution in [2.75, 3.05) is 32.8 Å². The fourth-order valence-corrected chi connectivity index (χ4v) is 3.30. The minimum atomic E-state index is -1.25. The van der Waals surface area contributed by atoms with E-state index in [4.69, 9.17) is 9.47 Å². The zero-order valence-electron chi connectivity index (χ0n) is 17.1. The molecule has 0 N–H and O–H groups in total. The van der Waals surface area contributed by atoms with Crippen molar-refractivity contribution < 1.29 is 14.3 Å². The Kier molecular flexibility index (Phi) is 10.8. The zero-order valence-corrected chi connectivity index (χ0v) is 17.9. The Hall–Kier alpha value is -1.88. The predicted octanol–water partition coefficient (Wildman–Crippen LogP) is 4.66. The first-order chi connectivity index (χ1) is 13.2. The number of rotatable bonds is 11. The summed E-state index contributed by atoms with van der Waals surface area (Å²) in [6.45, 7) is 9.59. The number of esters is 1. The average Bonchev–Trinajstić information content (AvgIpc) is 2.72. The molecule has 0 spiro atoms. The van der Waals surface area contributed by atoms with E-state index in [0.29, 0.717) is 13.2 Å². The summed E-state index contributed by atoms with van der Waals surface area (Å²) in [7, 11) is 0. The van der Waals surface area contributed by atoms with Crippen molar-refractivity contribution in [2.24, 2.45) is 0 Å². The van der Waals surface area contributed by atoms with Crippen LogP contribution in [0, 0.1) is 0 Å². The summed E-state index contributed by atoms with van der Waals surface area (Å²) in [5, 5.41) is 0. The van der Waals surface area contributed by atoms with Crippen molar-refractivity contribution in [1.29, 1.82) is 0 Å². The molecule has 28 heavy (non-hydrogen) atoms. The maximum atomic E-state index is 13.3. The van der Waals surface area contributed by atoms with Gasteiger partial charge in [-0.05, 0) is 37.6 Å². The van der Waals surface area contributed by atoms with E-state index in [2.05, 4.69) is 18.7 Å². The highest BCUT2D eigenvalue weighted by molar-refractivity contribution is 5.86. The molecule has 0 aromatic heterocycles. The molecule has 2 rings (SSSR count). The topological polar surface area (TPSA) is 38.8 Å². The lowest BCUT2D eigenvalue weighted by molar-refractivity contribution is -0.168. The number of likely N-dealkylation sites (N-methyl/N-ethyl adjacent to an activating group) is 1. The van der Waals surface area contributed by atoms with Gasteiger partial charge in [0.2, 0.25) is 5.60 Å². The van der Waals surface area contributed by atoms with Gasteiger partial charge in [-0.25, -0.2) is 4.79 Å². The lowest BCUT2D eigenvalue weighted by atomic mass is 9.86. The van der Waals surface area contributed by atoms with Crippen molar-refractivity contribution in [3.05, 3.63) is 71.8 Å². The number of hydrogen-bond donors (Lipinski definition) is 0. The molecule has 2 aromatic carbocycles. The first-order valence-corrected chi connectivity index (χ1v) is 9.83. The molecule has 0 fully saturated rings. The van der Waals surface area contributed by atoms with Gasteiger partial charge in [-0.1, -0.05) is 74.5 Å². The Bertz CT molecular complexity index is 639. The van der Waals surface area contributed by atoms with Gasteiger partial charge >= 0.3 is 5.97 Å². The highest BCUT2D eigenvalue weighted by atomic mass is 35.5. The van der Waals surface area contributed by atoms with Crippen LogP contribution in [0.3, 0.4) is 0 Å². The number of carbonyl (C=O) groups is 1. The molecule has 0 radical (unpaired) electrons. The standard InChI is InChI=1S/C23H31NO3.ClH/c1-4-17-24(5-2)18-19-26-22(25)23(27-6-3,20-13-9-7-10-14-20)21-15-11-8-12-16-21;/h7-16H,4-6,17-19H2,1-3H3;1H. The second-order valence-corrected chi connectivity index (χ2v) is 6.42. The monoisotopic (exact) mass is 405 g/mol. The molecule has 0 saturated heterocycles. The van der Waals surface area contributed by atoms with Crippen molar-refractivity contribution in [1.82, 2.24) is 4.90 Å². The molecule has 0 saturated carbocycles. The summed E-state index contributed by atoms with van der Waals surface area (Å²) in [6, 6.07) is 19.2. The highest BCUT2D eigenvalue weighted by Gasteiger charge is 2.44. The Morgan fingerprint density at radius 1 is 0.893 bits per heavy atom. The van der Waals surface area contributed by atoms with Crippen LogP contribution in [0.15, 0.2) is 60.7 Å². The lowest BCUT2D eigenvalue weighted by Crippen LogP contribution is -2.42. The minimum Gasteiger partial charge on any atom is -0.462 e. The van der Waals surface area contributed by atoms with Crippen LogP contribution in [0.1, 0.15) is 38.3 Å². The molecule has 0 heterocycles. The predicted molar refractivity (Wildman–Crippen MR) is 116 cm³/mol. The molecular formula is C23H32ClNO3. The first-order valence-electron chi connectivity index (χ1n) is 9.83. The van der Waals surface area contributed by atoms with E-state index in [1.54, 1.807) is 0 Å². The van der Waals surface area contributed by atoms with Crippen molar-refractivity contribution in [2.45, 2.75) is 32.8 Å². The maximum absolute atomic E-state index is 13.3. The average molecular weight is 406 g/mol. The Morgan fingerprint density at radius 2 is 1.43 bits per heavy atom. The van der Waals surface area contributed by atoms with E-state index in [9.17, 15) is 4.79 Å². The molecule has 0 atom stereocenters. The zero-order chi connectivity index (χ0) is 19.5. The molecule has 2 aromatic rings. The van der Waals surface area contributed by atoms with Crippen LogP contribution in [0.4, 0.5) is 0 Å². The number of ether oxygens (including phenoxy) is 2. The van der Waals surface area contributed by atoms with Crippen molar-refractivity contribution in [3.8, 4) is 0 Å². The molecular weight excluding hydrogens is 374 g/mol. The summed E-state index contributed by atoms with van der Waals surface area (Å²) < 4.78 is 11.8. The Labute approximate surface area is 175 Å². The van der Waals surface area contributed by atoms with Crippen LogP contribution in [0.2, 0.25) is 0 Å². The second kappa shape index (κ2) is 12.6. The van der Waals surface area contributed by atoms with Gasteiger partial charge in [0.05, 0.1) is 0 Å². The molecule has 154 valence electrons. The van der Waals surface area contributed by atoms with Crippen LogP contribution >= 0.6 is 12.4 Å². The number of nitrogens with zero attached hydrogens (tertiary/aromatic N) is 1. The molecule has 0 amide bonds. The summed E-state index contributed by atoms with van der Waals surface area (Å²) in [6.07, 6.45) is 1.08. The molecule has 4 nitrogen and oxygen atoms in total. The normalized spacial score (nSPS) is 11.1. The highest BCUT2D eigenvalue weighted by Crippen LogP contribution is 2.35. The second-order valence-electron chi connectivity index (χ2n) is 6.42. The maximum Gasteiger partial charge on any atom is 0.347 e. The van der Waals surface area contributed by atoms with Crippen molar-refractivity contribution >= 4 is 18.4 Å². The van der Waals surface area contributed by atoms with Gasteiger partial charge in [0.25, 0.3) is 0 Å². The fourth-order valence-electron chi connectivity index (χ4n) is 3.30. The van der Waals surface area contributed by atoms with Gasteiger partial charge in [-0.15, -0.1) is 12.4 Å². The molecule has 0 aliphatic carbocycles. The number of carbonyl (C=O) groups excluding carboxylic acids is 1. The summed E-state index contributed by atoms with van der Waals surface area (Å²) in [5.41, 5.74) is 0.312. The van der Waals surface area contributed by atoms with Gasteiger partial charge in [0.15, 0.2) is 0 Å². The van der Waals surface area contributed by atoms with E-state index in [1.807, 2.05) is 67.6 Å². The number of halogens is 1. The van der Waals surface area contributed by atoms with E-state index in [0.717, 1.165) is 37.2 Å². The van der Waals surface area contributed by atoms with Crippen LogP contribution in [0.5, 0.6) is 0 Å². The Morgan fingerprint density at radius 3 is 1.86 bits per heavy atom. The third-order valence-electron chi connectivity index (χ3n) is 4.64. The third kappa shape index (κ3) is 5.81. The lowest BCUT2D eigenvalue weighted by Gasteiger charge is -2.32. The number of benzene rings is 2. The summed E-state index contributed by atoms with van der Waals surface area (Å²) >= 11 is 0. The number of hydrogen-bond acceptors (Lipinski definition) is 4. The van der Waals surface area contributed by atoms with E-state index in [-0.39, 0.29) is 18.4 Å². The van der Waals surface area contributed by atoms with E-state index < -0.39 is 5.60 Å². The molecule has 5 heteroatoms. The van der Waals surface area contributed by atoms with Crippen LogP contribution in [-0.4, -0.2) is 43.7 Å². The smallest absolute Gasteiger partial charge is 0.347 e. The quantitative estimate of drug-likeness (QED) is 0.509. The first kappa shape index (κ1) is 24.2. The molecule has 0 aliphatic rings. The van der Waals surface area contributed by atoms with Gasteiger partial charge < -0.3 is 14.4 Å². The Balaban J connectivity index is 0.00000392. The largest absolute Gasteiger partial charge is 0.462 e. The van der Waals surface area contributed by atoms with Gasteiger partial charge in [-0.2, -0.15) is 0 Å². The van der Waals surface area contributed by atoms with Crippen LogP contribution in [-0.2, 0) is 19.9 Å². The molecule has 0 bridgehead atoms. The van der Waals surface area contributed by atoms with Crippen LogP contribution < -0.4 is 0 Å². The molecule has 0 unspecified atom stereocenters. The van der Waals surface area contributed by atoms with Gasteiger partial charge in [0.1, 0.15) is 6.61 Å².